The number of benzene rings is 1. The summed E-state index contributed by atoms with van der Waals surface area (Å²) in [4.78, 5) is 8.91. The van der Waals surface area contributed by atoms with E-state index in [1.54, 1.807) is 23.9 Å². The number of pyridine rings is 1. The molecule has 0 radical (unpaired) electrons. The Labute approximate surface area is 164 Å². The van der Waals surface area contributed by atoms with Crippen molar-refractivity contribution in [1.82, 2.24) is 9.97 Å². The van der Waals surface area contributed by atoms with Crippen molar-refractivity contribution >= 4 is 28.4 Å². The Morgan fingerprint density at radius 2 is 2.15 bits per heavy atom. The summed E-state index contributed by atoms with van der Waals surface area (Å²) in [7, 11) is 0. The fraction of sp³-hybridized carbons (Fsp3) is 0.174. The molecule has 4 heteroatoms. The lowest BCUT2D eigenvalue weighted by Gasteiger charge is -2.06. The lowest BCUT2D eigenvalue weighted by molar-refractivity contribution is 0.475. The second-order valence-electron chi connectivity index (χ2n) is 6.19. The number of nitrogens with one attached hydrogen (secondary N) is 1. The Balaban J connectivity index is 1.92. The maximum atomic E-state index is 9.76. The van der Waals surface area contributed by atoms with Crippen LogP contribution in [0.4, 0.5) is 0 Å². The monoisotopic (exact) mass is 376 g/mol. The molecule has 0 unspecified atom stereocenters. The average Bonchev–Trinajstić information content (AvgIpc) is 3.08. The van der Waals surface area contributed by atoms with E-state index in [2.05, 4.69) is 54.7 Å². The number of aromatic amines is 1. The van der Waals surface area contributed by atoms with E-state index in [4.69, 9.17) is 0 Å². The molecule has 0 fully saturated rings. The van der Waals surface area contributed by atoms with Crippen LogP contribution in [0.15, 0.2) is 72.4 Å². The average molecular weight is 377 g/mol. The quantitative estimate of drug-likeness (QED) is 0.460. The third kappa shape index (κ3) is 4.52. The first-order valence-electron chi connectivity index (χ1n) is 9.02. The molecular weight excluding hydrogens is 352 g/mol. The number of fused-ring (bicyclic) bond motifs is 1. The van der Waals surface area contributed by atoms with Gasteiger partial charge in [-0.15, -0.1) is 11.8 Å². The van der Waals surface area contributed by atoms with Gasteiger partial charge >= 0.3 is 0 Å². The molecule has 2 heterocycles. The SMILES string of the molecule is C=C(/C=C\C/C(=C\C)c1c[nH]c2ncc(-c3cccc(O)c3)cc12)SCC. The van der Waals surface area contributed by atoms with Crippen LogP contribution in [-0.4, -0.2) is 20.8 Å². The molecule has 0 aliphatic heterocycles. The number of allylic oxidation sites excluding steroid dienone is 4. The Morgan fingerprint density at radius 1 is 1.30 bits per heavy atom. The van der Waals surface area contributed by atoms with Gasteiger partial charge in [-0.25, -0.2) is 4.98 Å². The van der Waals surface area contributed by atoms with Crippen LogP contribution in [0.25, 0.3) is 27.7 Å². The zero-order valence-electron chi connectivity index (χ0n) is 15.7. The molecule has 138 valence electrons. The van der Waals surface area contributed by atoms with Crippen LogP contribution in [0.1, 0.15) is 25.8 Å². The van der Waals surface area contributed by atoms with Crippen molar-refractivity contribution in [3.05, 3.63) is 78.0 Å². The molecule has 1 aromatic carbocycles. The molecular formula is C23H24N2OS. The number of rotatable bonds is 7. The van der Waals surface area contributed by atoms with Crippen molar-refractivity contribution in [2.45, 2.75) is 20.3 Å². The first-order valence-corrected chi connectivity index (χ1v) is 10.0. The highest BCUT2D eigenvalue weighted by atomic mass is 32.2. The number of nitrogens with zero attached hydrogens (tertiary/aromatic N) is 1. The van der Waals surface area contributed by atoms with E-state index >= 15 is 0 Å². The molecule has 2 aromatic heterocycles. The Morgan fingerprint density at radius 3 is 2.89 bits per heavy atom. The summed E-state index contributed by atoms with van der Waals surface area (Å²) in [6, 6.07) is 9.38. The fourth-order valence-corrected chi connectivity index (χ4v) is 3.61. The normalized spacial score (nSPS) is 12.1. The van der Waals surface area contributed by atoms with Gasteiger partial charge in [0, 0.05) is 28.9 Å². The lowest BCUT2D eigenvalue weighted by Crippen LogP contribution is -1.85. The molecule has 3 aromatic rings. The van der Waals surface area contributed by atoms with E-state index < -0.39 is 0 Å². The van der Waals surface area contributed by atoms with Gasteiger partial charge in [0.15, 0.2) is 0 Å². The minimum absolute atomic E-state index is 0.256. The maximum Gasteiger partial charge on any atom is 0.137 e. The topological polar surface area (TPSA) is 48.9 Å². The zero-order valence-corrected chi connectivity index (χ0v) is 16.5. The van der Waals surface area contributed by atoms with Gasteiger partial charge in [-0.2, -0.15) is 0 Å². The number of aromatic hydroxyl groups is 1. The van der Waals surface area contributed by atoms with E-state index in [1.165, 1.54) is 5.57 Å². The second kappa shape index (κ2) is 8.78. The van der Waals surface area contributed by atoms with Gasteiger partial charge in [0.1, 0.15) is 11.4 Å². The van der Waals surface area contributed by atoms with Crippen LogP contribution in [0, 0.1) is 0 Å². The number of phenolic OH excluding ortho intramolecular Hbond substituents is 1. The largest absolute Gasteiger partial charge is 0.508 e. The van der Waals surface area contributed by atoms with Crippen LogP contribution in [0.3, 0.4) is 0 Å². The third-order valence-electron chi connectivity index (χ3n) is 4.38. The summed E-state index contributed by atoms with van der Waals surface area (Å²) in [5, 5.41) is 10.8. The van der Waals surface area contributed by atoms with Gasteiger partial charge in [0.05, 0.1) is 0 Å². The number of hydrogen-bond acceptors (Lipinski definition) is 3. The number of hydrogen-bond donors (Lipinski definition) is 2. The summed E-state index contributed by atoms with van der Waals surface area (Å²) in [5.74, 6) is 1.29. The van der Waals surface area contributed by atoms with E-state index in [0.717, 1.165) is 44.8 Å². The van der Waals surface area contributed by atoms with E-state index in [9.17, 15) is 5.11 Å². The third-order valence-corrected chi connectivity index (χ3v) is 5.17. The summed E-state index contributed by atoms with van der Waals surface area (Å²) in [6.45, 7) is 8.24. The van der Waals surface area contributed by atoms with Crippen molar-refractivity contribution in [3.8, 4) is 16.9 Å². The van der Waals surface area contributed by atoms with Gasteiger partial charge < -0.3 is 10.1 Å². The number of thioether (sulfide) groups is 1. The summed E-state index contributed by atoms with van der Waals surface area (Å²) < 4.78 is 0. The molecule has 3 nitrogen and oxygen atoms in total. The molecule has 0 aliphatic rings. The number of phenols is 1. The smallest absolute Gasteiger partial charge is 0.137 e. The molecule has 0 saturated carbocycles. The van der Waals surface area contributed by atoms with Crippen LogP contribution >= 0.6 is 11.8 Å². The van der Waals surface area contributed by atoms with Gasteiger partial charge in [-0.05, 0) is 53.3 Å². The number of H-pyrrole nitrogens is 1. The molecule has 3 rings (SSSR count). The molecule has 0 atom stereocenters. The fourth-order valence-electron chi connectivity index (χ4n) is 3.05. The predicted molar refractivity (Wildman–Crippen MR) is 118 cm³/mol. The van der Waals surface area contributed by atoms with E-state index in [1.807, 2.05) is 24.5 Å². The minimum atomic E-state index is 0.256. The van der Waals surface area contributed by atoms with Crippen molar-refractivity contribution in [3.63, 3.8) is 0 Å². The van der Waals surface area contributed by atoms with Gasteiger partial charge in [0.2, 0.25) is 0 Å². The highest BCUT2D eigenvalue weighted by Crippen LogP contribution is 2.31. The van der Waals surface area contributed by atoms with Crippen LogP contribution < -0.4 is 0 Å². The Kier molecular flexibility index (Phi) is 6.20. The van der Waals surface area contributed by atoms with Gasteiger partial charge in [-0.3, -0.25) is 0 Å². The Hall–Kier alpha value is -2.72. The number of aromatic nitrogens is 2. The highest BCUT2D eigenvalue weighted by Gasteiger charge is 2.10. The molecule has 0 aliphatic carbocycles. The van der Waals surface area contributed by atoms with E-state index in [0.29, 0.717) is 0 Å². The summed E-state index contributed by atoms with van der Waals surface area (Å²) in [6.07, 6.45) is 11.1. The van der Waals surface area contributed by atoms with Crippen LogP contribution in [0.2, 0.25) is 0 Å². The van der Waals surface area contributed by atoms with Crippen molar-refractivity contribution in [2.75, 3.05) is 5.75 Å². The highest BCUT2D eigenvalue weighted by molar-refractivity contribution is 8.03. The maximum absolute atomic E-state index is 9.76. The van der Waals surface area contributed by atoms with E-state index in [-0.39, 0.29) is 5.75 Å². The first kappa shape index (κ1) is 19.1. The summed E-state index contributed by atoms with van der Waals surface area (Å²) >= 11 is 1.75. The Bertz CT molecular complexity index is 1010. The molecule has 0 spiro atoms. The molecule has 27 heavy (non-hydrogen) atoms. The van der Waals surface area contributed by atoms with Crippen LogP contribution in [-0.2, 0) is 0 Å². The van der Waals surface area contributed by atoms with Crippen molar-refractivity contribution in [1.29, 1.82) is 0 Å². The summed E-state index contributed by atoms with van der Waals surface area (Å²) in [5.41, 5.74) is 5.19. The lowest BCUT2D eigenvalue weighted by atomic mass is 10.00. The molecule has 2 N–H and O–H groups in total. The van der Waals surface area contributed by atoms with Crippen LogP contribution in [0.5, 0.6) is 5.75 Å². The van der Waals surface area contributed by atoms with Gasteiger partial charge in [-0.1, -0.05) is 43.9 Å². The molecule has 0 saturated heterocycles. The second-order valence-corrected chi connectivity index (χ2v) is 7.58. The standard InChI is InChI=1S/C23H24N2OS/c1-4-17(9-6-8-16(3)27-5-2)22-15-25-23-21(22)13-19(14-24-23)18-10-7-11-20(26)12-18/h4,6-8,10-15,26H,3,5,9H2,1-2H3,(H,24,25)/b8-6-,17-4+. The predicted octanol–water partition coefficient (Wildman–Crippen LogP) is 6.55. The van der Waals surface area contributed by atoms with Gasteiger partial charge in [0.25, 0.3) is 0 Å². The van der Waals surface area contributed by atoms with Crippen molar-refractivity contribution < 1.29 is 5.11 Å². The zero-order chi connectivity index (χ0) is 19.2. The first-order chi connectivity index (χ1) is 13.1. The minimum Gasteiger partial charge on any atom is -0.508 e. The van der Waals surface area contributed by atoms with Crippen molar-refractivity contribution in [2.24, 2.45) is 0 Å². The molecule has 0 bridgehead atoms. The molecule has 0 amide bonds.